The van der Waals surface area contributed by atoms with E-state index in [-0.39, 0.29) is 34.4 Å². The Morgan fingerprint density at radius 1 is 1.23 bits per heavy atom. The molecule has 0 bridgehead atoms. The van der Waals surface area contributed by atoms with Crippen LogP contribution in [0.15, 0.2) is 42.5 Å². The molecule has 12 heteroatoms. The molecule has 35 heavy (non-hydrogen) atoms. The quantitative estimate of drug-likeness (QED) is 0.355. The standard InChI is InChI=1S/C23H22ClF3N2O5.ClH/c1-4-13-10-15(32-12-23(2,21(30)31)34-14-8-6-5-7-9-14)11-16(25)17(13)19-18(24)20(29(3)28-19)33-22(26)27;/h5-11,22H,4,12H2,1-3H3,(H,30,31);1H. The van der Waals surface area contributed by atoms with Crippen molar-refractivity contribution in [3.8, 4) is 28.6 Å². The molecule has 0 aliphatic rings. The Morgan fingerprint density at radius 2 is 1.89 bits per heavy atom. The van der Waals surface area contributed by atoms with Crippen molar-refractivity contribution in [2.75, 3.05) is 6.61 Å². The van der Waals surface area contributed by atoms with Gasteiger partial charge in [-0.1, -0.05) is 36.7 Å². The number of nitrogens with zero attached hydrogens (tertiary/aromatic N) is 2. The minimum absolute atomic E-state index is 0. The molecular formula is C23H23Cl2F3N2O5. The average Bonchev–Trinajstić information content (AvgIpc) is 3.05. The van der Waals surface area contributed by atoms with Crippen molar-refractivity contribution < 1.29 is 37.3 Å². The number of benzene rings is 2. The predicted molar refractivity (Wildman–Crippen MR) is 125 cm³/mol. The second kappa shape index (κ2) is 11.5. The van der Waals surface area contributed by atoms with Crippen LogP contribution in [-0.2, 0) is 18.3 Å². The summed E-state index contributed by atoms with van der Waals surface area (Å²) in [4.78, 5) is 11.9. The van der Waals surface area contributed by atoms with Gasteiger partial charge in [0.2, 0.25) is 11.5 Å². The van der Waals surface area contributed by atoms with Crippen LogP contribution in [0.4, 0.5) is 13.2 Å². The van der Waals surface area contributed by atoms with Crippen molar-refractivity contribution in [2.45, 2.75) is 32.5 Å². The first kappa shape index (κ1) is 28.1. The van der Waals surface area contributed by atoms with Gasteiger partial charge >= 0.3 is 12.6 Å². The number of halogens is 5. The van der Waals surface area contributed by atoms with Crippen LogP contribution < -0.4 is 14.2 Å². The van der Waals surface area contributed by atoms with E-state index < -0.39 is 36.5 Å². The molecule has 7 nitrogen and oxygen atoms in total. The van der Waals surface area contributed by atoms with Gasteiger partial charge < -0.3 is 19.3 Å². The largest absolute Gasteiger partial charge is 0.489 e. The van der Waals surface area contributed by atoms with E-state index >= 15 is 4.39 Å². The third kappa shape index (κ3) is 6.32. The normalized spacial score (nSPS) is 12.6. The van der Waals surface area contributed by atoms with E-state index in [0.29, 0.717) is 17.7 Å². The van der Waals surface area contributed by atoms with E-state index in [4.69, 9.17) is 21.1 Å². The number of carboxylic acid groups (broad SMARTS) is 1. The van der Waals surface area contributed by atoms with Crippen molar-refractivity contribution in [3.63, 3.8) is 0 Å². The third-order valence-corrected chi connectivity index (χ3v) is 5.30. The Kier molecular flexibility index (Phi) is 9.28. The molecule has 1 N–H and O–H groups in total. The first-order valence-electron chi connectivity index (χ1n) is 10.2. The molecule has 0 radical (unpaired) electrons. The van der Waals surface area contributed by atoms with E-state index in [0.717, 1.165) is 10.7 Å². The number of ether oxygens (including phenoxy) is 3. The van der Waals surface area contributed by atoms with Crippen molar-refractivity contribution >= 4 is 30.0 Å². The maximum absolute atomic E-state index is 15.2. The number of para-hydroxylation sites is 1. The fourth-order valence-electron chi connectivity index (χ4n) is 3.22. The summed E-state index contributed by atoms with van der Waals surface area (Å²) in [6, 6.07) is 10.9. The van der Waals surface area contributed by atoms with Gasteiger partial charge in [0.25, 0.3) is 0 Å². The Hall–Kier alpha value is -3.11. The minimum atomic E-state index is -3.13. The summed E-state index contributed by atoms with van der Waals surface area (Å²) in [6.45, 7) is -0.467. The number of carboxylic acids is 1. The van der Waals surface area contributed by atoms with E-state index in [2.05, 4.69) is 9.84 Å². The number of aliphatic carboxylic acids is 1. The zero-order valence-corrected chi connectivity index (χ0v) is 20.5. The molecule has 190 valence electrons. The second-order valence-electron chi connectivity index (χ2n) is 7.50. The number of carbonyl (C=O) groups is 1. The molecule has 0 saturated carbocycles. The Balaban J connectivity index is 0.00000432. The molecule has 3 aromatic rings. The summed E-state index contributed by atoms with van der Waals surface area (Å²) in [6.07, 6.45) is 0.318. The monoisotopic (exact) mass is 534 g/mol. The molecule has 2 aromatic carbocycles. The van der Waals surface area contributed by atoms with Gasteiger partial charge in [-0.05, 0) is 37.1 Å². The number of alkyl halides is 2. The van der Waals surface area contributed by atoms with Crippen LogP contribution in [0.5, 0.6) is 17.4 Å². The highest BCUT2D eigenvalue weighted by atomic mass is 35.5. The summed E-state index contributed by atoms with van der Waals surface area (Å²) in [5.41, 5.74) is -1.40. The van der Waals surface area contributed by atoms with Gasteiger partial charge in [0.05, 0.1) is 0 Å². The van der Waals surface area contributed by atoms with Gasteiger partial charge in [-0.25, -0.2) is 13.9 Å². The summed E-state index contributed by atoms with van der Waals surface area (Å²) < 4.78 is 57.1. The first-order chi connectivity index (χ1) is 16.1. The lowest BCUT2D eigenvalue weighted by molar-refractivity contribution is -0.156. The molecule has 0 amide bonds. The van der Waals surface area contributed by atoms with Crippen LogP contribution in [0.2, 0.25) is 5.02 Å². The van der Waals surface area contributed by atoms with E-state index in [1.54, 1.807) is 37.3 Å². The van der Waals surface area contributed by atoms with Gasteiger partial charge in [0.1, 0.15) is 34.6 Å². The molecule has 1 unspecified atom stereocenters. The smallest absolute Gasteiger partial charge is 0.388 e. The zero-order valence-electron chi connectivity index (χ0n) is 18.9. The van der Waals surface area contributed by atoms with E-state index in [1.165, 1.54) is 20.0 Å². The van der Waals surface area contributed by atoms with E-state index in [1.807, 2.05) is 0 Å². The second-order valence-corrected chi connectivity index (χ2v) is 7.88. The number of rotatable bonds is 10. The summed E-state index contributed by atoms with van der Waals surface area (Å²) in [7, 11) is 1.34. The Morgan fingerprint density at radius 3 is 2.46 bits per heavy atom. The van der Waals surface area contributed by atoms with Gasteiger partial charge in [0, 0.05) is 18.7 Å². The van der Waals surface area contributed by atoms with Crippen LogP contribution in [-0.4, -0.2) is 39.7 Å². The molecule has 3 rings (SSSR count). The highest BCUT2D eigenvalue weighted by Gasteiger charge is 2.37. The van der Waals surface area contributed by atoms with Crippen LogP contribution in [0.3, 0.4) is 0 Å². The molecule has 1 aromatic heterocycles. The fourth-order valence-corrected chi connectivity index (χ4v) is 3.52. The molecule has 0 aliphatic heterocycles. The average molecular weight is 535 g/mol. The molecule has 0 aliphatic carbocycles. The number of hydrogen-bond donors (Lipinski definition) is 1. The third-order valence-electron chi connectivity index (χ3n) is 4.96. The van der Waals surface area contributed by atoms with E-state index in [9.17, 15) is 18.7 Å². The summed E-state index contributed by atoms with van der Waals surface area (Å²) >= 11 is 6.16. The number of hydrogen-bond acceptors (Lipinski definition) is 5. The summed E-state index contributed by atoms with van der Waals surface area (Å²) in [5.74, 6) is -2.06. The van der Waals surface area contributed by atoms with Crippen molar-refractivity contribution in [1.29, 1.82) is 0 Å². The fraction of sp³-hybridized carbons (Fsp3) is 0.304. The maximum atomic E-state index is 15.2. The highest BCUT2D eigenvalue weighted by Crippen LogP contribution is 2.39. The van der Waals surface area contributed by atoms with Gasteiger partial charge in [0.15, 0.2) is 0 Å². The predicted octanol–water partition coefficient (Wildman–Crippen LogP) is 5.77. The summed E-state index contributed by atoms with van der Waals surface area (Å²) in [5, 5.41) is 13.4. The van der Waals surface area contributed by atoms with Crippen molar-refractivity contribution in [2.24, 2.45) is 7.05 Å². The number of aromatic nitrogens is 2. The van der Waals surface area contributed by atoms with Gasteiger partial charge in [-0.3, -0.25) is 0 Å². The SMILES string of the molecule is CCc1cc(OCC(C)(Oc2ccccc2)C(=O)O)cc(F)c1-c1nn(C)c(OC(F)F)c1Cl.Cl. The topological polar surface area (TPSA) is 82.8 Å². The molecule has 1 heterocycles. The zero-order chi connectivity index (χ0) is 25.0. The molecule has 0 fully saturated rings. The van der Waals surface area contributed by atoms with Crippen molar-refractivity contribution in [1.82, 2.24) is 9.78 Å². The molecule has 0 spiro atoms. The van der Waals surface area contributed by atoms with Gasteiger partial charge in [-0.2, -0.15) is 13.9 Å². The van der Waals surface area contributed by atoms with Crippen LogP contribution in [0.1, 0.15) is 19.4 Å². The number of aryl methyl sites for hydroxylation is 2. The molecular weight excluding hydrogens is 512 g/mol. The molecule has 1 atom stereocenters. The minimum Gasteiger partial charge on any atom is -0.489 e. The Labute approximate surface area is 210 Å². The first-order valence-corrected chi connectivity index (χ1v) is 10.5. The molecule has 0 saturated heterocycles. The van der Waals surface area contributed by atoms with Gasteiger partial charge in [-0.15, -0.1) is 12.4 Å². The Bertz CT molecular complexity index is 1180. The maximum Gasteiger partial charge on any atom is 0.388 e. The van der Waals surface area contributed by atoms with Crippen LogP contribution >= 0.6 is 24.0 Å². The van der Waals surface area contributed by atoms with Crippen LogP contribution in [0, 0.1) is 5.82 Å². The lowest BCUT2D eigenvalue weighted by Crippen LogP contribution is -2.47. The highest BCUT2D eigenvalue weighted by molar-refractivity contribution is 6.34. The van der Waals surface area contributed by atoms with Crippen molar-refractivity contribution in [3.05, 3.63) is 58.9 Å². The lowest BCUT2D eigenvalue weighted by Gasteiger charge is -2.26. The van der Waals surface area contributed by atoms with Crippen LogP contribution in [0.25, 0.3) is 11.3 Å². The lowest BCUT2D eigenvalue weighted by atomic mass is 10.0.